The molecule has 0 saturated carbocycles. The zero-order valence-corrected chi connectivity index (χ0v) is 13.3. The van der Waals surface area contributed by atoms with E-state index in [-0.39, 0.29) is 23.7 Å². The van der Waals surface area contributed by atoms with Gasteiger partial charge in [0.05, 0.1) is 13.2 Å². The topological polar surface area (TPSA) is 100 Å². The number of nitrogens with one attached hydrogen (secondary N) is 1. The van der Waals surface area contributed by atoms with E-state index in [1.54, 1.807) is 6.92 Å². The quantitative estimate of drug-likeness (QED) is 0.445. The first-order valence-electron chi connectivity index (χ1n) is 7.36. The average molecular weight is 354 g/mol. The van der Waals surface area contributed by atoms with Crippen LogP contribution in [-0.4, -0.2) is 28.7 Å². The van der Waals surface area contributed by atoms with E-state index < -0.39 is 29.7 Å². The molecule has 10 heteroatoms. The van der Waals surface area contributed by atoms with E-state index in [1.165, 1.54) is 24.5 Å². The van der Waals surface area contributed by atoms with Crippen LogP contribution in [0.25, 0.3) is 0 Å². The fourth-order valence-corrected chi connectivity index (χ4v) is 2.04. The third-order valence-corrected chi connectivity index (χ3v) is 3.20. The third-order valence-electron chi connectivity index (χ3n) is 3.20. The van der Waals surface area contributed by atoms with Crippen LogP contribution in [0.15, 0.2) is 41.6 Å². The minimum atomic E-state index is -3.53. The van der Waals surface area contributed by atoms with Gasteiger partial charge in [-0.1, -0.05) is 0 Å². The highest BCUT2D eigenvalue weighted by Gasteiger charge is 2.39. The van der Waals surface area contributed by atoms with Crippen molar-refractivity contribution in [2.24, 2.45) is 0 Å². The first-order chi connectivity index (χ1) is 11.8. The van der Waals surface area contributed by atoms with E-state index in [9.17, 15) is 23.6 Å². The summed E-state index contributed by atoms with van der Waals surface area (Å²) in [6.07, 6.45) is 3.39. The van der Waals surface area contributed by atoms with Gasteiger partial charge in [-0.3, -0.25) is 14.2 Å². The Morgan fingerprint density at radius 2 is 2.24 bits per heavy atom. The monoisotopic (exact) mass is 354 g/mol. The van der Waals surface area contributed by atoms with Crippen LogP contribution in [0.2, 0.25) is 0 Å². The predicted molar refractivity (Wildman–Crippen MR) is 82.9 cm³/mol. The molecule has 0 fully saturated rings. The fraction of sp³-hybridized carbons (Fsp3) is 0.333. The van der Waals surface area contributed by atoms with Gasteiger partial charge in [-0.25, -0.2) is 4.98 Å². The lowest BCUT2D eigenvalue weighted by atomic mass is 10.2. The van der Waals surface area contributed by atoms with Gasteiger partial charge in [0.15, 0.2) is 12.0 Å². The summed E-state index contributed by atoms with van der Waals surface area (Å²) in [5.41, 5.74) is -1.51. The van der Waals surface area contributed by atoms with Crippen molar-refractivity contribution < 1.29 is 23.0 Å². The number of hydrogen-bond donors (Lipinski definition) is 1. The lowest BCUT2D eigenvalue weighted by Crippen LogP contribution is -2.41. The SMILES string of the molecule is CCOC(=O)Cn1ccnc(NCC(F)(F)c2cccc[n+]2[O-])c1=O. The number of rotatable bonds is 7. The Kier molecular flexibility index (Phi) is 5.63. The summed E-state index contributed by atoms with van der Waals surface area (Å²) in [5.74, 6) is -4.53. The van der Waals surface area contributed by atoms with Crippen LogP contribution in [0.1, 0.15) is 12.6 Å². The molecule has 25 heavy (non-hydrogen) atoms. The van der Waals surface area contributed by atoms with Gasteiger partial charge in [-0.2, -0.15) is 13.5 Å². The van der Waals surface area contributed by atoms with Gasteiger partial charge in [0.2, 0.25) is 0 Å². The maximum atomic E-state index is 14.2. The number of nitrogens with zero attached hydrogens (tertiary/aromatic N) is 3. The standard InChI is InChI=1S/C15H16F2N4O4/c1-2-25-12(22)9-20-8-6-18-13(14(20)23)19-10-15(16,17)11-5-3-4-7-21(11)24/h3-8H,2,9-10H2,1H3,(H,18,19). The number of carbonyl (C=O) groups excluding carboxylic acids is 1. The van der Waals surface area contributed by atoms with E-state index in [4.69, 9.17) is 4.74 Å². The van der Waals surface area contributed by atoms with Crippen LogP contribution in [-0.2, 0) is 22.0 Å². The van der Waals surface area contributed by atoms with Gasteiger partial charge in [-0.05, 0) is 13.0 Å². The van der Waals surface area contributed by atoms with Crippen molar-refractivity contribution in [2.45, 2.75) is 19.4 Å². The largest absolute Gasteiger partial charge is 0.618 e. The van der Waals surface area contributed by atoms with Gasteiger partial charge in [0, 0.05) is 24.5 Å². The number of hydrogen-bond acceptors (Lipinski definition) is 6. The van der Waals surface area contributed by atoms with E-state index >= 15 is 0 Å². The summed E-state index contributed by atoms with van der Waals surface area (Å²) in [5, 5.41) is 13.7. The predicted octanol–water partition coefficient (Wildman–Crippen LogP) is 0.644. The fourth-order valence-electron chi connectivity index (χ4n) is 2.04. The van der Waals surface area contributed by atoms with Gasteiger partial charge in [0.1, 0.15) is 6.54 Å². The first kappa shape index (κ1) is 18.3. The molecule has 134 valence electrons. The lowest BCUT2D eigenvalue weighted by molar-refractivity contribution is -0.624. The molecule has 1 N–H and O–H groups in total. The lowest BCUT2D eigenvalue weighted by Gasteiger charge is -2.16. The molecular weight excluding hydrogens is 338 g/mol. The molecule has 2 heterocycles. The van der Waals surface area contributed by atoms with Gasteiger partial charge < -0.3 is 15.3 Å². The second-order valence-corrected chi connectivity index (χ2v) is 4.98. The molecule has 0 aliphatic heterocycles. The van der Waals surface area contributed by atoms with Crippen molar-refractivity contribution in [2.75, 3.05) is 18.5 Å². The molecule has 8 nitrogen and oxygen atoms in total. The molecule has 2 aromatic rings. The molecule has 0 aromatic carbocycles. The minimum Gasteiger partial charge on any atom is -0.618 e. The number of carbonyl (C=O) groups is 1. The van der Waals surface area contributed by atoms with Crippen LogP contribution in [0.3, 0.4) is 0 Å². The van der Waals surface area contributed by atoms with Crippen molar-refractivity contribution in [1.29, 1.82) is 0 Å². The number of ether oxygens (including phenoxy) is 1. The Balaban J connectivity index is 2.14. The van der Waals surface area contributed by atoms with E-state index in [1.807, 2.05) is 0 Å². The summed E-state index contributed by atoms with van der Waals surface area (Å²) in [7, 11) is 0. The van der Waals surface area contributed by atoms with E-state index in [0.29, 0.717) is 0 Å². The molecule has 0 aliphatic rings. The number of aromatic nitrogens is 3. The number of pyridine rings is 1. The number of esters is 1. The van der Waals surface area contributed by atoms with Crippen LogP contribution in [0.5, 0.6) is 0 Å². The highest BCUT2D eigenvalue weighted by molar-refractivity contribution is 5.69. The second kappa shape index (κ2) is 7.69. The first-order valence-corrected chi connectivity index (χ1v) is 7.36. The van der Waals surface area contributed by atoms with E-state index in [0.717, 1.165) is 16.8 Å². The highest BCUT2D eigenvalue weighted by Crippen LogP contribution is 2.24. The van der Waals surface area contributed by atoms with Crippen LogP contribution in [0, 0.1) is 5.21 Å². The third kappa shape index (κ3) is 4.49. The molecule has 0 atom stereocenters. The van der Waals surface area contributed by atoms with Crippen molar-refractivity contribution >= 4 is 11.8 Å². The molecule has 0 spiro atoms. The second-order valence-electron chi connectivity index (χ2n) is 4.98. The molecule has 0 unspecified atom stereocenters. The zero-order valence-electron chi connectivity index (χ0n) is 13.3. The molecule has 2 rings (SSSR count). The van der Waals surface area contributed by atoms with Gasteiger partial charge >= 0.3 is 11.9 Å². The number of alkyl halides is 2. The number of anilines is 1. The molecule has 2 aromatic heterocycles. The van der Waals surface area contributed by atoms with Crippen LogP contribution in [0.4, 0.5) is 14.6 Å². The molecule has 0 amide bonds. The maximum Gasteiger partial charge on any atom is 0.347 e. The Hall–Kier alpha value is -3.04. The van der Waals surface area contributed by atoms with Crippen molar-refractivity contribution in [1.82, 2.24) is 9.55 Å². The van der Waals surface area contributed by atoms with E-state index in [2.05, 4.69) is 10.3 Å². The summed E-state index contributed by atoms with van der Waals surface area (Å²) < 4.78 is 34.1. The van der Waals surface area contributed by atoms with Crippen molar-refractivity contribution in [3.63, 3.8) is 0 Å². The Labute approximate surface area is 141 Å². The highest BCUT2D eigenvalue weighted by atomic mass is 19.3. The van der Waals surface area contributed by atoms with Gasteiger partial charge in [0.25, 0.3) is 11.3 Å². The number of halogens is 2. The molecule has 0 bridgehead atoms. The summed E-state index contributed by atoms with van der Waals surface area (Å²) in [6.45, 7) is 0.404. The smallest absolute Gasteiger partial charge is 0.347 e. The zero-order chi connectivity index (χ0) is 18.4. The van der Waals surface area contributed by atoms with Crippen molar-refractivity contribution in [3.05, 3.63) is 58.0 Å². The summed E-state index contributed by atoms with van der Waals surface area (Å²) >= 11 is 0. The Morgan fingerprint density at radius 1 is 1.48 bits per heavy atom. The minimum absolute atomic E-state index is 0.0547. The van der Waals surface area contributed by atoms with Crippen LogP contribution >= 0.6 is 0 Å². The molecule has 0 saturated heterocycles. The van der Waals surface area contributed by atoms with Gasteiger partial charge in [-0.15, -0.1) is 0 Å². The maximum absolute atomic E-state index is 14.2. The van der Waals surface area contributed by atoms with Crippen molar-refractivity contribution in [3.8, 4) is 0 Å². The Bertz CT molecular complexity index is 810. The summed E-state index contributed by atoms with van der Waals surface area (Å²) in [4.78, 5) is 27.3. The molecule has 0 radical (unpaired) electrons. The average Bonchev–Trinajstić information content (AvgIpc) is 2.56. The Morgan fingerprint density at radius 3 is 2.92 bits per heavy atom. The molecular formula is C15H16F2N4O4. The normalized spacial score (nSPS) is 11.2. The van der Waals surface area contributed by atoms with Crippen LogP contribution < -0.4 is 15.6 Å². The molecule has 0 aliphatic carbocycles. The summed E-state index contributed by atoms with van der Waals surface area (Å²) in [6, 6.07) is 3.63.